The Kier molecular flexibility index (Phi) is 7.18. The highest BCUT2D eigenvalue weighted by molar-refractivity contribution is 5.88. The van der Waals surface area contributed by atoms with E-state index in [1.54, 1.807) is 0 Å². The number of fused-ring (bicyclic) bond motifs is 1. The number of halogens is 3. The predicted molar refractivity (Wildman–Crippen MR) is 136 cm³/mol. The molecule has 4 aromatic rings. The second kappa shape index (κ2) is 10.7. The van der Waals surface area contributed by atoms with Crippen LogP contribution in [0.1, 0.15) is 55.0 Å². The number of hydrogen-bond acceptors (Lipinski definition) is 7. The molecule has 1 saturated carbocycles. The van der Waals surface area contributed by atoms with Crippen molar-refractivity contribution < 1.29 is 17.9 Å². The van der Waals surface area contributed by atoms with Crippen LogP contribution in [0.15, 0.2) is 54.9 Å². The fourth-order valence-corrected chi connectivity index (χ4v) is 4.75. The number of alkyl halides is 3. The lowest BCUT2D eigenvalue weighted by atomic mass is 9.84. The summed E-state index contributed by atoms with van der Waals surface area (Å²) in [6.45, 7) is 0.127. The zero-order valence-corrected chi connectivity index (χ0v) is 20.3. The van der Waals surface area contributed by atoms with Crippen molar-refractivity contribution >= 4 is 22.5 Å². The highest BCUT2D eigenvalue weighted by atomic mass is 19.4. The third kappa shape index (κ3) is 5.64. The number of rotatable bonds is 7. The summed E-state index contributed by atoms with van der Waals surface area (Å²) in [4.78, 5) is 17.3. The highest BCUT2D eigenvalue weighted by Gasteiger charge is 2.34. The van der Waals surface area contributed by atoms with Crippen LogP contribution in [-0.2, 0) is 17.5 Å². The minimum Gasteiger partial charge on any atom is -0.377 e. The molecule has 0 amide bonds. The Bertz CT molecular complexity index is 1370. The van der Waals surface area contributed by atoms with Gasteiger partial charge in [0.2, 0.25) is 0 Å². The molecular weight excluding hydrogens is 481 g/mol. The Morgan fingerprint density at radius 3 is 2.49 bits per heavy atom. The van der Waals surface area contributed by atoms with E-state index in [0.717, 1.165) is 11.8 Å². The summed E-state index contributed by atoms with van der Waals surface area (Å²) in [5, 5.41) is 0. The first-order chi connectivity index (χ1) is 17.9. The number of hydrogen-bond donors (Lipinski definition) is 2. The lowest BCUT2D eigenvalue weighted by Gasteiger charge is -2.22. The standard InChI is InChI=1S/C27H27F3N6O/c1-37-16-23-33-22-14-19(24-21(27(28,29)30)8-5-13-31-24)15-32-25(22)26(34-23)36-35-20-11-9-18(10-12-20)17-6-3-2-4-7-17/h5,8-15,17,35H,2-4,6-7,16H2,1H3,(H,33,34,36). The zero-order valence-electron chi connectivity index (χ0n) is 20.3. The van der Waals surface area contributed by atoms with Crippen molar-refractivity contribution in [1.82, 2.24) is 19.9 Å². The van der Waals surface area contributed by atoms with Crippen LogP contribution in [0.3, 0.4) is 0 Å². The molecule has 0 unspecified atom stereocenters. The molecule has 192 valence electrons. The molecule has 1 aliphatic carbocycles. The monoisotopic (exact) mass is 508 g/mol. The Labute approximate surface area is 212 Å². The molecule has 10 heteroatoms. The van der Waals surface area contributed by atoms with Crippen LogP contribution in [-0.4, -0.2) is 27.0 Å². The molecule has 3 aromatic heterocycles. The molecule has 3 heterocycles. The van der Waals surface area contributed by atoms with Gasteiger partial charge in [-0.1, -0.05) is 31.4 Å². The molecule has 0 aliphatic heterocycles. The third-order valence-electron chi connectivity index (χ3n) is 6.55. The molecule has 2 N–H and O–H groups in total. The van der Waals surface area contributed by atoms with Gasteiger partial charge >= 0.3 is 6.18 Å². The number of ether oxygens (including phenoxy) is 1. The van der Waals surface area contributed by atoms with Gasteiger partial charge in [0.15, 0.2) is 11.6 Å². The molecule has 0 atom stereocenters. The van der Waals surface area contributed by atoms with Gasteiger partial charge in [-0.3, -0.25) is 15.8 Å². The maximum Gasteiger partial charge on any atom is 0.418 e. The van der Waals surface area contributed by atoms with Crippen molar-refractivity contribution in [2.24, 2.45) is 0 Å². The molecule has 37 heavy (non-hydrogen) atoms. The van der Waals surface area contributed by atoms with Crippen LogP contribution in [0.4, 0.5) is 24.7 Å². The molecule has 1 aromatic carbocycles. The summed E-state index contributed by atoms with van der Waals surface area (Å²) >= 11 is 0. The maximum atomic E-state index is 13.5. The number of benzene rings is 1. The van der Waals surface area contributed by atoms with Crippen LogP contribution < -0.4 is 10.9 Å². The third-order valence-corrected chi connectivity index (χ3v) is 6.55. The van der Waals surface area contributed by atoms with Crippen molar-refractivity contribution in [2.45, 2.75) is 50.8 Å². The molecule has 1 fully saturated rings. The Hall–Kier alpha value is -3.79. The summed E-state index contributed by atoms with van der Waals surface area (Å²) in [7, 11) is 1.52. The topological polar surface area (TPSA) is 84.9 Å². The lowest BCUT2D eigenvalue weighted by molar-refractivity contribution is -0.137. The minimum absolute atomic E-state index is 0.127. The molecule has 0 bridgehead atoms. The van der Waals surface area contributed by atoms with Gasteiger partial charge in [0, 0.05) is 25.1 Å². The number of nitrogens with zero attached hydrogens (tertiary/aromatic N) is 4. The smallest absolute Gasteiger partial charge is 0.377 e. The largest absolute Gasteiger partial charge is 0.418 e. The fraction of sp³-hybridized carbons (Fsp3) is 0.333. The summed E-state index contributed by atoms with van der Waals surface area (Å²) < 4.78 is 45.8. The molecule has 0 radical (unpaired) electrons. The van der Waals surface area contributed by atoms with E-state index in [1.807, 2.05) is 12.1 Å². The van der Waals surface area contributed by atoms with Crippen molar-refractivity contribution in [2.75, 3.05) is 18.0 Å². The average molecular weight is 509 g/mol. The number of aromatic nitrogens is 4. The van der Waals surface area contributed by atoms with Crippen molar-refractivity contribution in [1.29, 1.82) is 0 Å². The van der Waals surface area contributed by atoms with Gasteiger partial charge in [0.05, 0.1) is 22.5 Å². The van der Waals surface area contributed by atoms with Crippen LogP contribution in [0, 0.1) is 0 Å². The quantitative estimate of drug-likeness (QED) is 0.268. The highest BCUT2D eigenvalue weighted by Crippen LogP contribution is 2.36. The number of nitrogens with one attached hydrogen (secondary N) is 2. The van der Waals surface area contributed by atoms with Gasteiger partial charge in [-0.2, -0.15) is 13.2 Å². The number of pyridine rings is 2. The second-order valence-corrected chi connectivity index (χ2v) is 9.12. The van der Waals surface area contributed by atoms with E-state index in [9.17, 15) is 13.2 Å². The number of hydrazine groups is 1. The molecule has 7 nitrogen and oxygen atoms in total. The van der Waals surface area contributed by atoms with Crippen molar-refractivity contribution in [3.8, 4) is 11.3 Å². The molecule has 1 aliphatic rings. The Morgan fingerprint density at radius 2 is 1.76 bits per heavy atom. The lowest BCUT2D eigenvalue weighted by Crippen LogP contribution is -2.13. The minimum atomic E-state index is -4.55. The van der Waals surface area contributed by atoms with E-state index in [4.69, 9.17) is 4.74 Å². The van der Waals surface area contributed by atoms with Gasteiger partial charge < -0.3 is 4.74 Å². The second-order valence-electron chi connectivity index (χ2n) is 9.12. The van der Waals surface area contributed by atoms with Crippen LogP contribution in [0.25, 0.3) is 22.3 Å². The van der Waals surface area contributed by atoms with E-state index < -0.39 is 11.7 Å². The fourth-order valence-electron chi connectivity index (χ4n) is 4.75. The van der Waals surface area contributed by atoms with Gasteiger partial charge in [-0.15, -0.1) is 0 Å². The first kappa shape index (κ1) is 24.9. The normalized spacial score (nSPS) is 14.6. The van der Waals surface area contributed by atoms with E-state index in [2.05, 4.69) is 42.9 Å². The molecular formula is C27H27F3N6O. The Morgan fingerprint density at radius 1 is 0.973 bits per heavy atom. The number of anilines is 2. The van der Waals surface area contributed by atoms with Gasteiger partial charge in [0.1, 0.15) is 12.1 Å². The summed E-state index contributed by atoms with van der Waals surface area (Å²) in [6.07, 6.45) is 4.47. The maximum absolute atomic E-state index is 13.5. The van der Waals surface area contributed by atoms with E-state index >= 15 is 0 Å². The van der Waals surface area contributed by atoms with Crippen molar-refractivity contribution in [3.05, 3.63) is 71.8 Å². The summed E-state index contributed by atoms with van der Waals surface area (Å²) in [6, 6.07) is 12.1. The van der Waals surface area contributed by atoms with E-state index in [1.165, 1.54) is 69.3 Å². The van der Waals surface area contributed by atoms with Crippen LogP contribution >= 0.6 is 0 Å². The zero-order chi connectivity index (χ0) is 25.8. The molecule has 5 rings (SSSR count). The first-order valence-corrected chi connectivity index (χ1v) is 12.2. The van der Waals surface area contributed by atoms with Crippen molar-refractivity contribution in [3.63, 3.8) is 0 Å². The van der Waals surface area contributed by atoms with Crippen LogP contribution in [0.2, 0.25) is 0 Å². The van der Waals surface area contributed by atoms with Gasteiger partial charge in [-0.05, 0) is 54.7 Å². The number of methoxy groups -OCH3 is 1. The summed E-state index contributed by atoms with van der Waals surface area (Å²) in [5.74, 6) is 1.37. The SMILES string of the molecule is COCc1nc(NNc2ccc(C3CCCCC3)cc2)c2ncc(-c3ncccc3C(F)(F)F)cc2n1. The van der Waals surface area contributed by atoms with E-state index in [-0.39, 0.29) is 17.9 Å². The molecule has 0 spiro atoms. The van der Waals surface area contributed by atoms with E-state index in [0.29, 0.717) is 28.6 Å². The van der Waals surface area contributed by atoms with Crippen LogP contribution in [0.5, 0.6) is 0 Å². The molecule has 0 saturated heterocycles. The summed E-state index contributed by atoms with van der Waals surface area (Å²) in [5.41, 5.74) is 8.36. The predicted octanol–water partition coefficient (Wildman–Crippen LogP) is 6.74. The van der Waals surface area contributed by atoms with Gasteiger partial charge in [-0.25, -0.2) is 15.0 Å². The first-order valence-electron chi connectivity index (χ1n) is 12.2. The Balaban J connectivity index is 1.43. The average Bonchev–Trinajstić information content (AvgIpc) is 2.92. The van der Waals surface area contributed by atoms with Gasteiger partial charge in [0.25, 0.3) is 0 Å².